The standard InChI is InChI=1S/C11H17N3OS/c1-8(16-3)7-13-11(15)9-5-4-6-10(12-2)14-9/h4-6,8H,7H2,1-3H3,(H,12,14)(H,13,15). The number of nitrogens with one attached hydrogen (secondary N) is 2. The Bertz CT molecular complexity index is 357. The van der Waals surface area contributed by atoms with Crippen LogP contribution < -0.4 is 10.6 Å². The van der Waals surface area contributed by atoms with Crippen LogP contribution in [0.1, 0.15) is 17.4 Å². The topological polar surface area (TPSA) is 54.0 Å². The smallest absolute Gasteiger partial charge is 0.270 e. The fourth-order valence-corrected chi connectivity index (χ4v) is 1.36. The van der Waals surface area contributed by atoms with Gasteiger partial charge in [0.1, 0.15) is 11.5 Å². The number of thioether (sulfide) groups is 1. The van der Waals surface area contributed by atoms with Gasteiger partial charge in [0.15, 0.2) is 0 Å². The molecule has 0 bridgehead atoms. The van der Waals surface area contributed by atoms with Gasteiger partial charge < -0.3 is 10.6 Å². The summed E-state index contributed by atoms with van der Waals surface area (Å²) < 4.78 is 0. The van der Waals surface area contributed by atoms with Gasteiger partial charge in [-0.3, -0.25) is 4.79 Å². The van der Waals surface area contributed by atoms with Gasteiger partial charge in [-0.2, -0.15) is 11.8 Å². The number of nitrogens with zero attached hydrogens (tertiary/aromatic N) is 1. The van der Waals surface area contributed by atoms with Crippen LogP contribution in [-0.2, 0) is 0 Å². The third-order valence-corrected chi connectivity index (χ3v) is 3.16. The molecule has 0 spiro atoms. The summed E-state index contributed by atoms with van der Waals surface area (Å²) >= 11 is 1.72. The number of hydrogen-bond acceptors (Lipinski definition) is 4. The van der Waals surface area contributed by atoms with Crippen LogP contribution in [-0.4, -0.2) is 36.0 Å². The molecule has 88 valence electrons. The molecule has 0 aromatic carbocycles. The van der Waals surface area contributed by atoms with E-state index in [0.717, 1.165) is 0 Å². The molecule has 1 heterocycles. The zero-order valence-electron chi connectivity index (χ0n) is 9.78. The lowest BCUT2D eigenvalue weighted by Crippen LogP contribution is -2.30. The van der Waals surface area contributed by atoms with E-state index in [1.54, 1.807) is 24.9 Å². The average molecular weight is 239 g/mol. The van der Waals surface area contributed by atoms with Crippen molar-refractivity contribution in [1.29, 1.82) is 0 Å². The zero-order chi connectivity index (χ0) is 12.0. The first-order chi connectivity index (χ1) is 7.67. The molecular formula is C11H17N3OS. The van der Waals surface area contributed by atoms with Gasteiger partial charge in [-0.05, 0) is 18.4 Å². The number of carbonyl (C=O) groups excluding carboxylic acids is 1. The highest BCUT2D eigenvalue weighted by molar-refractivity contribution is 7.99. The van der Waals surface area contributed by atoms with Crippen LogP contribution in [0.4, 0.5) is 5.82 Å². The Labute approximate surface area is 100 Å². The molecule has 0 aliphatic carbocycles. The molecule has 1 unspecified atom stereocenters. The molecule has 16 heavy (non-hydrogen) atoms. The molecule has 5 heteroatoms. The van der Waals surface area contributed by atoms with Crippen molar-refractivity contribution in [1.82, 2.24) is 10.3 Å². The van der Waals surface area contributed by atoms with Crippen molar-refractivity contribution in [2.24, 2.45) is 0 Å². The first-order valence-corrected chi connectivity index (χ1v) is 6.42. The summed E-state index contributed by atoms with van der Waals surface area (Å²) in [6, 6.07) is 5.34. The third-order valence-electron chi connectivity index (χ3n) is 2.19. The molecule has 0 aliphatic heterocycles. The van der Waals surface area contributed by atoms with Gasteiger partial charge in [0.25, 0.3) is 5.91 Å². The largest absolute Gasteiger partial charge is 0.373 e. The lowest BCUT2D eigenvalue weighted by atomic mass is 10.3. The minimum absolute atomic E-state index is 0.127. The van der Waals surface area contributed by atoms with Crippen LogP contribution in [0, 0.1) is 0 Å². The van der Waals surface area contributed by atoms with Crippen molar-refractivity contribution in [2.75, 3.05) is 25.2 Å². The molecule has 0 radical (unpaired) electrons. The number of hydrogen-bond donors (Lipinski definition) is 2. The molecule has 0 aliphatic rings. The van der Waals surface area contributed by atoms with Gasteiger partial charge in [-0.1, -0.05) is 13.0 Å². The van der Waals surface area contributed by atoms with E-state index in [9.17, 15) is 4.79 Å². The van der Waals surface area contributed by atoms with Crippen molar-refractivity contribution >= 4 is 23.5 Å². The number of rotatable bonds is 5. The summed E-state index contributed by atoms with van der Waals surface area (Å²) in [5.74, 6) is 0.573. The first kappa shape index (κ1) is 12.8. The maximum atomic E-state index is 11.7. The van der Waals surface area contributed by atoms with Crippen LogP contribution >= 0.6 is 11.8 Å². The van der Waals surface area contributed by atoms with Gasteiger partial charge in [0.2, 0.25) is 0 Å². The van der Waals surface area contributed by atoms with E-state index >= 15 is 0 Å². The van der Waals surface area contributed by atoms with Crippen LogP contribution in [0.5, 0.6) is 0 Å². The number of carbonyl (C=O) groups is 1. The quantitative estimate of drug-likeness (QED) is 0.819. The molecule has 1 rings (SSSR count). The Morgan fingerprint density at radius 2 is 2.31 bits per heavy atom. The first-order valence-electron chi connectivity index (χ1n) is 5.13. The molecule has 1 atom stereocenters. The average Bonchev–Trinajstić information content (AvgIpc) is 2.35. The van der Waals surface area contributed by atoms with Crippen LogP contribution in [0.2, 0.25) is 0 Å². The third kappa shape index (κ3) is 3.73. The minimum atomic E-state index is -0.127. The molecule has 2 N–H and O–H groups in total. The van der Waals surface area contributed by atoms with Crippen LogP contribution in [0.3, 0.4) is 0 Å². The maximum Gasteiger partial charge on any atom is 0.270 e. The molecular weight excluding hydrogens is 222 g/mol. The predicted molar refractivity (Wildman–Crippen MR) is 69.1 cm³/mol. The minimum Gasteiger partial charge on any atom is -0.373 e. The Balaban J connectivity index is 2.58. The summed E-state index contributed by atoms with van der Waals surface area (Å²) in [6.07, 6.45) is 2.02. The molecule has 0 fully saturated rings. The van der Waals surface area contributed by atoms with E-state index in [-0.39, 0.29) is 5.91 Å². The summed E-state index contributed by atoms with van der Waals surface area (Å²) in [5, 5.41) is 6.17. The fraction of sp³-hybridized carbons (Fsp3) is 0.455. The molecule has 1 aromatic heterocycles. The summed E-state index contributed by atoms with van der Waals surface area (Å²) in [6.45, 7) is 2.73. The van der Waals surface area contributed by atoms with E-state index in [1.807, 2.05) is 18.4 Å². The molecule has 1 amide bonds. The molecule has 0 saturated heterocycles. The second kappa shape index (κ2) is 6.37. The number of pyridine rings is 1. The maximum absolute atomic E-state index is 11.7. The predicted octanol–water partition coefficient (Wildman–Crippen LogP) is 1.60. The van der Waals surface area contributed by atoms with Crippen LogP contribution in [0.25, 0.3) is 0 Å². The molecule has 4 nitrogen and oxygen atoms in total. The monoisotopic (exact) mass is 239 g/mol. The second-order valence-corrected chi connectivity index (χ2v) is 4.69. The number of aromatic nitrogens is 1. The molecule has 1 aromatic rings. The number of amides is 1. The number of anilines is 1. The Morgan fingerprint density at radius 1 is 1.56 bits per heavy atom. The highest BCUT2D eigenvalue weighted by Gasteiger charge is 2.08. The highest BCUT2D eigenvalue weighted by Crippen LogP contribution is 2.05. The summed E-state index contributed by atoms with van der Waals surface area (Å²) in [4.78, 5) is 15.9. The van der Waals surface area contributed by atoms with E-state index in [4.69, 9.17) is 0 Å². The molecule has 0 saturated carbocycles. The van der Waals surface area contributed by atoms with Crippen molar-refractivity contribution in [2.45, 2.75) is 12.2 Å². The normalized spacial score (nSPS) is 11.9. The van der Waals surface area contributed by atoms with E-state index in [2.05, 4.69) is 22.5 Å². The Kier molecular flexibility index (Phi) is 5.11. The lowest BCUT2D eigenvalue weighted by molar-refractivity contribution is 0.0949. The van der Waals surface area contributed by atoms with Crippen molar-refractivity contribution in [3.05, 3.63) is 23.9 Å². The van der Waals surface area contributed by atoms with Gasteiger partial charge >= 0.3 is 0 Å². The SMILES string of the molecule is CNc1cccc(C(=O)NCC(C)SC)n1. The lowest BCUT2D eigenvalue weighted by Gasteiger charge is -2.09. The van der Waals surface area contributed by atoms with Crippen molar-refractivity contribution in [3.8, 4) is 0 Å². The van der Waals surface area contributed by atoms with E-state index < -0.39 is 0 Å². The summed E-state index contributed by atoms with van der Waals surface area (Å²) in [7, 11) is 1.78. The van der Waals surface area contributed by atoms with Gasteiger partial charge in [0.05, 0.1) is 0 Å². The van der Waals surface area contributed by atoms with Gasteiger partial charge in [-0.15, -0.1) is 0 Å². The van der Waals surface area contributed by atoms with Crippen molar-refractivity contribution < 1.29 is 4.79 Å². The highest BCUT2D eigenvalue weighted by atomic mass is 32.2. The van der Waals surface area contributed by atoms with Gasteiger partial charge in [0, 0.05) is 18.8 Å². The Hall–Kier alpha value is -1.23. The van der Waals surface area contributed by atoms with E-state index in [1.165, 1.54) is 0 Å². The van der Waals surface area contributed by atoms with Gasteiger partial charge in [-0.25, -0.2) is 4.98 Å². The Morgan fingerprint density at radius 3 is 2.94 bits per heavy atom. The zero-order valence-corrected chi connectivity index (χ0v) is 10.6. The van der Waals surface area contributed by atoms with E-state index in [0.29, 0.717) is 23.3 Å². The fourth-order valence-electron chi connectivity index (χ4n) is 1.11. The van der Waals surface area contributed by atoms with Crippen LogP contribution in [0.15, 0.2) is 18.2 Å². The van der Waals surface area contributed by atoms with Crippen molar-refractivity contribution in [3.63, 3.8) is 0 Å². The second-order valence-electron chi connectivity index (χ2n) is 3.41. The summed E-state index contributed by atoms with van der Waals surface area (Å²) in [5.41, 5.74) is 0.445.